The molecule has 0 spiro atoms. The molecule has 0 radical (unpaired) electrons. The average Bonchev–Trinajstić information content (AvgIpc) is 1.02. The lowest BCUT2D eigenvalue weighted by Gasteiger charge is -2.56. The van der Waals surface area contributed by atoms with Gasteiger partial charge in [-0.1, -0.05) is 82.3 Å². The van der Waals surface area contributed by atoms with Gasteiger partial charge in [0.25, 0.3) is 0 Å². The third kappa shape index (κ3) is 11.1. The molecule has 3 aromatic carbocycles. The van der Waals surface area contributed by atoms with Crippen LogP contribution in [0.4, 0.5) is 0 Å². The van der Waals surface area contributed by atoms with Gasteiger partial charge in [0.2, 0.25) is 11.8 Å². The lowest BCUT2D eigenvalue weighted by atomic mass is 9.62. The van der Waals surface area contributed by atoms with Crippen LogP contribution in [-0.4, -0.2) is 123 Å². The van der Waals surface area contributed by atoms with E-state index >= 15 is 0 Å². The van der Waals surface area contributed by atoms with Crippen molar-refractivity contribution in [1.29, 1.82) is 0 Å². The molecule has 17 heteroatoms. The Kier molecular flexibility index (Phi) is 18.0. The molecule has 1 N–H and O–H groups in total. The minimum atomic E-state index is -0.706. The number of aromatic nitrogens is 5. The Bertz CT molecular complexity index is 3460. The highest BCUT2D eigenvalue weighted by molar-refractivity contribution is 5.85. The van der Waals surface area contributed by atoms with Crippen LogP contribution in [0, 0.1) is 34.0 Å². The summed E-state index contributed by atoms with van der Waals surface area (Å²) in [7, 11) is 0. The van der Waals surface area contributed by atoms with Gasteiger partial charge in [0.1, 0.15) is 18.3 Å². The number of hydrogen-bond donors (Lipinski definition) is 1. The van der Waals surface area contributed by atoms with Crippen LogP contribution >= 0.6 is 0 Å². The third-order valence-corrected chi connectivity index (χ3v) is 21.3. The van der Waals surface area contributed by atoms with E-state index in [0.29, 0.717) is 84.4 Å². The van der Waals surface area contributed by atoms with Crippen molar-refractivity contribution in [3.8, 4) is 17.8 Å². The molecule has 7 saturated heterocycles. The van der Waals surface area contributed by atoms with Gasteiger partial charge >= 0.3 is 23.9 Å². The summed E-state index contributed by atoms with van der Waals surface area (Å²) in [6, 6.07) is 31.6. The molecular weight excluding hydrogens is 1110 g/mol. The maximum Gasteiger partial charge on any atom is 0.323 e. The van der Waals surface area contributed by atoms with Crippen molar-refractivity contribution < 1.29 is 42.8 Å². The Labute approximate surface area is 517 Å². The molecule has 88 heavy (non-hydrogen) atoms. The second-order valence-electron chi connectivity index (χ2n) is 25.0. The monoisotopic (exact) mass is 1190 g/mol. The van der Waals surface area contributed by atoms with Crippen molar-refractivity contribution in [2.75, 3.05) is 52.5 Å². The highest BCUT2D eigenvalue weighted by atomic mass is 16.5. The maximum atomic E-state index is 14.2. The number of rotatable bonds is 23. The summed E-state index contributed by atoms with van der Waals surface area (Å²) < 4.78 is 40.4. The second-order valence-corrected chi connectivity index (χ2v) is 25.0. The van der Waals surface area contributed by atoms with Crippen molar-refractivity contribution in [1.82, 2.24) is 40.0 Å². The molecule has 0 aliphatic carbocycles. The van der Waals surface area contributed by atoms with Gasteiger partial charge in [-0.3, -0.25) is 39.1 Å². The minimum Gasteiger partial charge on any atom is -0.467 e. The largest absolute Gasteiger partial charge is 0.467 e. The van der Waals surface area contributed by atoms with E-state index < -0.39 is 34.6 Å². The number of fused-ring (bicyclic) bond motifs is 9. The summed E-state index contributed by atoms with van der Waals surface area (Å²) in [5.74, 6) is 0.116. The lowest BCUT2D eigenvalue weighted by molar-refractivity contribution is -0.176. The number of carbonyl (C=O) groups excluding carboxylic acids is 3. The number of esters is 3. The summed E-state index contributed by atoms with van der Waals surface area (Å²) in [5.41, 5.74) is 3.24. The van der Waals surface area contributed by atoms with E-state index in [1.165, 1.54) is 0 Å². The van der Waals surface area contributed by atoms with E-state index in [0.717, 1.165) is 81.8 Å². The van der Waals surface area contributed by atoms with Crippen molar-refractivity contribution in [2.45, 2.75) is 149 Å². The molecule has 7 aliphatic heterocycles. The Hall–Kier alpha value is -7.34. The Balaban J connectivity index is 1.02. The SMILES string of the molecule is CCOC(=O)C(CC)(CC)C1CCN[C@@H](C(Oc2nc(O[C@@H](c3ccnc4ccccc34)[C@H]3CC4CCN3C[C@@]4(CC)C(=O)OCC)cc(O[C@@H](c3ccnc4ccccc34)[C@@H]3CC4CCN3C[C@]4(CC)C(=O)OCC)n2)c2ccnc3ccccc23)C1. The van der Waals surface area contributed by atoms with Gasteiger partial charge in [-0.15, -0.1) is 0 Å². The smallest absolute Gasteiger partial charge is 0.323 e. The van der Waals surface area contributed by atoms with E-state index in [1.807, 2.05) is 112 Å². The first-order valence-electron chi connectivity index (χ1n) is 32.6. The molecule has 464 valence electrons. The molecule has 4 aromatic heterocycles. The van der Waals surface area contributed by atoms with Gasteiger partial charge in [-0.25, -0.2) is 0 Å². The van der Waals surface area contributed by atoms with Gasteiger partial charge < -0.3 is 33.7 Å². The molecule has 11 heterocycles. The molecular formula is C71H86N8O9. The zero-order chi connectivity index (χ0) is 61.2. The van der Waals surface area contributed by atoms with Crippen molar-refractivity contribution in [3.05, 3.63) is 132 Å². The summed E-state index contributed by atoms with van der Waals surface area (Å²) in [6.45, 7) is 18.3. The van der Waals surface area contributed by atoms with Gasteiger partial charge in [-0.05, 0) is 159 Å². The highest BCUT2D eigenvalue weighted by Gasteiger charge is 2.58. The molecule has 14 rings (SSSR count). The maximum absolute atomic E-state index is 14.2. The Morgan fingerprint density at radius 3 is 1.41 bits per heavy atom. The predicted octanol–water partition coefficient (Wildman–Crippen LogP) is 12.3. The number of piperidine rings is 7. The summed E-state index contributed by atoms with van der Waals surface area (Å²) >= 11 is 0. The van der Waals surface area contributed by atoms with E-state index in [9.17, 15) is 14.4 Å². The van der Waals surface area contributed by atoms with Gasteiger partial charge in [0.15, 0.2) is 0 Å². The van der Waals surface area contributed by atoms with E-state index in [2.05, 4.69) is 61.0 Å². The van der Waals surface area contributed by atoms with Crippen LogP contribution in [-0.2, 0) is 28.6 Å². The molecule has 7 aromatic rings. The van der Waals surface area contributed by atoms with Gasteiger partial charge in [0.05, 0.1) is 70.8 Å². The standard InChI is InChI=1S/C71H86N8O9/c1-8-69(9-2,65(80)83-12-5)45-27-33-75-57(39-45)62(51-28-34-72-54-24-18-15-21-48(51)54)88-68-76-60(86-63(52-29-35-73-55-25-19-16-22-49(52)55)58-40-46-31-37-78(58)43-70(46,10-3)66(81)84-13-6)42-61(77-68)87-64(53-30-36-74-56-26-20-17-23-50(53)56)59-41-47-32-38-79(59)44-71(47,11-4)67(82)85-14-7/h15-26,28-30,34-36,42,45-47,57-59,62-64,75H,8-14,27,31-33,37-41,43-44H2,1-7H3/t45?,46?,47?,57-,58-,59+,62?,63+,64+,70-,71+/m1/s1. The zero-order valence-corrected chi connectivity index (χ0v) is 52.2. The lowest BCUT2D eigenvalue weighted by Crippen LogP contribution is -2.63. The molecule has 13 atom stereocenters. The molecule has 0 amide bonds. The predicted molar refractivity (Wildman–Crippen MR) is 336 cm³/mol. The van der Waals surface area contributed by atoms with Crippen molar-refractivity contribution in [2.24, 2.45) is 34.0 Å². The van der Waals surface area contributed by atoms with Gasteiger partial charge in [-0.2, -0.15) is 9.97 Å². The van der Waals surface area contributed by atoms with Crippen LogP contribution in [0.3, 0.4) is 0 Å². The van der Waals surface area contributed by atoms with Crippen LogP contribution in [0.1, 0.15) is 148 Å². The minimum absolute atomic E-state index is 0.0273. The number of benzene rings is 3. The zero-order valence-electron chi connectivity index (χ0n) is 52.2. The fourth-order valence-corrected chi connectivity index (χ4v) is 16.5. The average molecular weight is 1200 g/mol. The fraction of sp³-hybridized carbons (Fsp3) is 0.521. The summed E-state index contributed by atoms with van der Waals surface area (Å²) in [6.07, 6.45) is 10.6. The van der Waals surface area contributed by atoms with E-state index in [4.69, 9.17) is 53.3 Å². The third-order valence-electron chi connectivity index (χ3n) is 21.3. The van der Waals surface area contributed by atoms with E-state index in [1.54, 1.807) is 6.07 Å². The normalized spacial score (nSPS) is 26.9. The number of hydrogen-bond acceptors (Lipinski definition) is 17. The number of nitrogens with zero attached hydrogens (tertiary/aromatic N) is 7. The van der Waals surface area contributed by atoms with Crippen LogP contribution in [0.2, 0.25) is 0 Å². The van der Waals surface area contributed by atoms with E-state index in [-0.39, 0.29) is 71.6 Å². The van der Waals surface area contributed by atoms with Crippen molar-refractivity contribution in [3.63, 3.8) is 0 Å². The summed E-state index contributed by atoms with van der Waals surface area (Å²) in [4.78, 5) is 72.3. The molecule has 6 unspecified atom stereocenters. The van der Waals surface area contributed by atoms with Crippen molar-refractivity contribution >= 4 is 50.6 Å². The fourth-order valence-electron chi connectivity index (χ4n) is 16.5. The topological polar surface area (TPSA) is 190 Å². The Morgan fingerprint density at radius 2 is 1.00 bits per heavy atom. The second kappa shape index (κ2) is 26.0. The Morgan fingerprint density at radius 1 is 0.557 bits per heavy atom. The van der Waals surface area contributed by atoms with Gasteiger partial charge in [0, 0.05) is 70.6 Å². The highest BCUT2D eigenvalue weighted by Crippen LogP contribution is 2.54. The molecule has 4 bridgehead atoms. The number of para-hydroxylation sites is 3. The first kappa shape index (κ1) is 60.9. The first-order chi connectivity index (χ1) is 42.9. The van der Waals surface area contributed by atoms with Crippen LogP contribution < -0.4 is 19.5 Å². The number of carbonyl (C=O) groups is 3. The molecule has 7 fully saturated rings. The van der Waals surface area contributed by atoms with Crippen LogP contribution in [0.5, 0.6) is 17.8 Å². The number of pyridine rings is 3. The molecule has 17 nitrogen and oxygen atoms in total. The quantitative estimate of drug-likeness (QED) is 0.0470. The first-order valence-corrected chi connectivity index (χ1v) is 32.6. The summed E-state index contributed by atoms with van der Waals surface area (Å²) in [5, 5.41) is 6.67. The number of ether oxygens (including phenoxy) is 6. The van der Waals surface area contributed by atoms with Crippen LogP contribution in [0.15, 0.2) is 116 Å². The molecule has 7 aliphatic rings. The van der Waals surface area contributed by atoms with Crippen LogP contribution in [0.25, 0.3) is 32.7 Å². The molecule has 0 saturated carbocycles. The number of nitrogens with one attached hydrogen (secondary N) is 1.